The summed E-state index contributed by atoms with van der Waals surface area (Å²) in [5, 5.41) is 11.7. The Hall–Kier alpha value is -1.69. The van der Waals surface area contributed by atoms with Gasteiger partial charge in [0.15, 0.2) is 0 Å². The minimum atomic E-state index is 0.318. The monoisotopic (exact) mass is 145 g/mol. The number of para-hydroxylation sites is 1. The zero-order valence-electron chi connectivity index (χ0n) is 5.91. The van der Waals surface area contributed by atoms with E-state index in [1.165, 1.54) is 0 Å². The molecule has 54 valence electrons. The summed E-state index contributed by atoms with van der Waals surface area (Å²) in [5.74, 6) is 0. The Balaban J connectivity index is 3.04. The van der Waals surface area contributed by atoms with E-state index >= 15 is 0 Å². The van der Waals surface area contributed by atoms with Gasteiger partial charge in [-0.05, 0) is 11.6 Å². The molecule has 0 saturated carbocycles. The van der Waals surface area contributed by atoms with Gasteiger partial charge < -0.3 is 0 Å². The molecule has 0 aliphatic carbocycles. The molecular formula is C8H7N3. The maximum absolute atomic E-state index is 8.39. The number of hydrogen-bond acceptors (Lipinski definition) is 3. The van der Waals surface area contributed by atoms with Gasteiger partial charge in [-0.2, -0.15) is 10.4 Å². The largest absolute Gasteiger partial charge is 0.204 e. The van der Waals surface area contributed by atoms with Crippen molar-refractivity contribution < 1.29 is 0 Å². The molecule has 0 amide bonds. The van der Waals surface area contributed by atoms with Crippen LogP contribution >= 0.6 is 0 Å². The molecule has 0 aliphatic heterocycles. The molecule has 0 radical (unpaired) electrons. The number of rotatable bonds is 2. The Kier molecular flexibility index (Phi) is 2.34. The summed E-state index contributed by atoms with van der Waals surface area (Å²) >= 11 is 0. The molecule has 11 heavy (non-hydrogen) atoms. The molecule has 1 aromatic rings. The van der Waals surface area contributed by atoms with E-state index in [0.717, 1.165) is 5.56 Å². The molecule has 0 atom stereocenters. The zero-order chi connectivity index (χ0) is 8.10. The highest BCUT2D eigenvalue weighted by Gasteiger charge is 1.97. The zero-order valence-corrected chi connectivity index (χ0v) is 5.91. The second-order valence-electron chi connectivity index (χ2n) is 2.08. The van der Waals surface area contributed by atoms with Gasteiger partial charge in [0.25, 0.3) is 0 Å². The number of hydrogen-bond donors (Lipinski definition) is 1. The van der Waals surface area contributed by atoms with Gasteiger partial charge in [0.1, 0.15) is 0 Å². The average Bonchev–Trinajstić information content (AvgIpc) is 2.06. The third-order valence-electron chi connectivity index (χ3n) is 1.38. The quantitative estimate of drug-likeness (QED) is 0.638. The van der Waals surface area contributed by atoms with Gasteiger partial charge in [-0.1, -0.05) is 18.2 Å². The molecule has 0 aliphatic rings. The van der Waals surface area contributed by atoms with E-state index in [2.05, 4.69) is 5.11 Å². The van der Waals surface area contributed by atoms with Gasteiger partial charge in [-0.25, -0.2) is 5.53 Å². The molecule has 0 spiro atoms. The predicted octanol–water partition coefficient (Wildman–Crippen LogP) is 2.42. The molecular weight excluding hydrogens is 138 g/mol. The Labute approximate surface area is 64.8 Å². The summed E-state index contributed by atoms with van der Waals surface area (Å²) in [5.41, 5.74) is 8.17. The molecule has 0 bridgehead atoms. The van der Waals surface area contributed by atoms with Crippen LogP contribution in [0.15, 0.2) is 29.4 Å². The molecule has 0 heterocycles. The number of nitriles is 1. The number of benzene rings is 1. The summed E-state index contributed by atoms with van der Waals surface area (Å²) in [4.78, 5) is 0. The Morgan fingerprint density at radius 3 is 2.82 bits per heavy atom. The van der Waals surface area contributed by atoms with Crippen molar-refractivity contribution in [1.29, 1.82) is 10.8 Å². The highest BCUT2D eigenvalue weighted by atomic mass is 15.0. The third-order valence-corrected chi connectivity index (χ3v) is 1.38. The first-order valence-corrected chi connectivity index (χ1v) is 3.21. The van der Waals surface area contributed by atoms with Crippen LogP contribution in [0.5, 0.6) is 0 Å². The first kappa shape index (κ1) is 7.42. The van der Waals surface area contributed by atoms with Crippen LogP contribution in [0, 0.1) is 16.9 Å². The molecule has 0 aromatic heterocycles. The van der Waals surface area contributed by atoms with Crippen LogP contribution in [0.25, 0.3) is 0 Å². The second-order valence-corrected chi connectivity index (χ2v) is 2.08. The van der Waals surface area contributed by atoms with Gasteiger partial charge in [0, 0.05) is 0 Å². The van der Waals surface area contributed by atoms with Crippen LogP contribution in [0.4, 0.5) is 5.69 Å². The van der Waals surface area contributed by atoms with Crippen molar-refractivity contribution in [3.05, 3.63) is 29.8 Å². The highest BCUT2D eigenvalue weighted by molar-refractivity contribution is 5.45. The van der Waals surface area contributed by atoms with E-state index in [4.69, 9.17) is 10.8 Å². The summed E-state index contributed by atoms with van der Waals surface area (Å²) in [7, 11) is 0. The van der Waals surface area contributed by atoms with E-state index in [-0.39, 0.29) is 0 Å². The second kappa shape index (κ2) is 3.47. The standard InChI is InChI=1S/C8H7N3/c9-6-5-7-3-1-2-4-8(7)11-10/h1-4,10H,5H2. The van der Waals surface area contributed by atoms with E-state index in [9.17, 15) is 0 Å². The lowest BCUT2D eigenvalue weighted by atomic mass is 10.1. The molecule has 0 saturated heterocycles. The van der Waals surface area contributed by atoms with Crippen molar-refractivity contribution in [2.75, 3.05) is 0 Å². The normalized spacial score (nSPS) is 8.64. The van der Waals surface area contributed by atoms with Gasteiger partial charge in [0.05, 0.1) is 18.2 Å². The maximum Gasteiger partial charge on any atom is 0.0892 e. The van der Waals surface area contributed by atoms with Crippen LogP contribution in [-0.4, -0.2) is 0 Å². The van der Waals surface area contributed by atoms with E-state index in [1.807, 2.05) is 12.1 Å². The molecule has 0 fully saturated rings. The number of nitrogens with zero attached hydrogens (tertiary/aromatic N) is 2. The predicted molar refractivity (Wildman–Crippen MR) is 40.6 cm³/mol. The topological polar surface area (TPSA) is 60.0 Å². The van der Waals surface area contributed by atoms with Crippen LogP contribution in [-0.2, 0) is 6.42 Å². The number of nitrogens with one attached hydrogen (secondary N) is 1. The summed E-state index contributed by atoms with van der Waals surface area (Å²) in [6.45, 7) is 0. The van der Waals surface area contributed by atoms with E-state index in [1.54, 1.807) is 18.2 Å². The van der Waals surface area contributed by atoms with Crippen LogP contribution in [0.1, 0.15) is 5.56 Å². The average molecular weight is 145 g/mol. The maximum atomic E-state index is 8.39. The van der Waals surface area contributed by atoms with Crippen molar-refractivity contribution in [1.82, 2.24) is 0 Å². The first-order chi connectivity index (χ1) is 5.38. The van der Waals surface area contributed by atoms with Crippen molar-refractivity contribution in [2.24, 2.45) is 5.11 Å². The lowest BCUT2D eigenvalue weighted by Crippen LogP contribution is -1.80. The molecule has 1 rings (SSSR count). The fourth-order valence-corrected chi connectivity index (χ4v) is 0.855. The van der Waals surface area contributed by atoms with Crippen LogP contribution in [0.2, 0.25) is 0 Å². The summed E-state index contributed by atoms with van der Waals surface area (Å²) in [6.07, 6.45) is 0.318. The molecule has 1 aromatic carbocycles. The van der Waals surface area contributed by atoms with E-state index < -0.39 is 0 Å². The SMILES string of the molecule is N#CCc1ccccc1N=N. The van der Waals surface area contributed by atoms with Crippen LogP contribution < -0.4 is 0 Å². The van der Waals surface area contributed by atoms with Crippen LogP contribution in [0.3, 0.4) is 0 Å². The Morgan fingerprint density at radius 2 is 2.18 bits per heavy atom. The molecule has 0 unspecified atom stereocenters. The third kappa shape index (κ3) is 1.62. The fraction of sp³-hybridized carbons (Fsp3) is 0.125. The van der Waals surface area contributed by atoms with Gasteiger partial charge in [-0.3, -0.25) is 0 Å². The van der Waals surface area contributed by atoms with Crippen molar-refractivity contribution >= 4 is 5.69 Å². The summed E-state index contributed by atoms with van der Waals surface area (Å²) in [6, 6.07) is 9.17. The lowest BCUT2D eigenvalue weighted by Gasteiger charge is -1.96. The molecule has 3 nitrogen and oxygen atoms in total. The Bertz CT molecular complexity index is 298. The van der Waals surface area contributed by atoms with Crippen molar-refractivity contribution in [3.8, 4) is 6.07 Å². The smallest absolute Gasteiger partial charge is 0.0892 e. The minimum absolute atomic E-state index is 0.318. The van der Waals surface area contributed by atoms with Gasteiger partial charge >= 0.3 is 0 Å². The molecule has 3 heteroatoms. The van der Waals surface area contributed by atoms with Gasteiger partial charge in [-0.15, -0.1) is 0 Å². The summed E-state index contributed by atoms with van der Waals surface area (Å²) < 4.78 is 0. The van der Waals surface area contributed by atoms with Crippen molar-refractivity contribution in [2.45, 2.75) is 6.42 Å². The van der Waals surface area contributed by atoms with E-state index in [0.29, 0.717) is 12.1 Å². The lowest BCUT2D eigenvalue weighted by molar-refractivity contribution is 1.11. The molecule has 1 N–H and O–H groups in total. The van der Waals surface area contributed by atoms with Gasteiger partial charge in [0.2, 0.25) is 0 Å². The Morgan fingerprint density at radius 1 is 1.45 bits per heavy atom. The van der Waals surface area contributed by atoms with Crippen molar-refractivity contribution in [3.63, 3.8) is 0 Å². The highest BCUT2D eigenvalue weighted by Crippen LogP contribution is 2.17. The first-order valence-electron chi connectivity index (χ1n) is 3.21. The minimum Gasteiger partial charge on any atom is -0.204 e. The fourth-order valence-electron chi connectivity index (χ4n) is 0.855.